The van der Waals surface area contributed by atoms with Crippen LogP contribution in [0.2, 0.25) is 0 Å². The number of nitrogens with zero attached hydrogens (tertiary/aromatic N) is 1. The molecule has 1 amide bonds. The zero-order valence-electron chi connectivity index (χ0n) is 16.3. The Balaban J connectivity index is 1.50. The van der Waals surface area contributed by atoms with Gasteiger partial charge >= 0.3 is 0 Å². The maximum atomic E-state index is 12.3. The summed E-state index contributed by atoms with van der Waals surface area (Å²) in [5.41, 5.74) is 2.53. The largest absolute Gasteiger partial charge is 0.493 e. The number of carbonyl (C=O) groups excluding carboxylic acids is 1. The van der Waals surface area contributed by atoms with Gasteiger partial charge in [0.25, 0.3) is 0 Å². The second-order valence-electron chi connectivity index (χ2n) is 7.71. The molecule has 27 heavy (non-hydrogen) atoms. The van der Waals surface area contributed by atoms with Crippen LogP contribution in [0.25, 0.3) is 5.57 Å². The van der Waals surface area contributed by atoms with Crippen molar-refractivity contribution in [3.8, 4) is 5.75 Å². The lowest BCUT2D eigenvalue weighted by Crippen LogP contribution is -2.35. The van der Waals surface area contributed by atoms with Gasteiger partial charge in [-0.25, -0.2) is 0 Å². The highest BCUT2D eigenvalue weighted by atomic mass is 16.5. The third kappa shape index (κ3) is 5.56. The van der Waals surface area contributed by atoms with Crippen LogP contribution in [0.1, 0.15) is 37.7 Å². The summed E-state index contributed by atoms with van der Waals surface area (Å²) in [5, 5.41) is 12.4. The zero-order valence-corrected chi connectivity index (χ0v) is 16.3. The molecular weight excluding hydrogens is 340 g/mol. The van der Waals surface area contributed by atoms with Gasteiger partial charge in [-0.3, -0.25) is 4.79 Å². The van der Waals surface area contributed by atoms with Crippen molar-refractivity contribution >= 4 is 11.5 Å². The van der Waals surface area contributed by atoms with Gasteiger partial charge in [0, 0.05) is 19.5 Å². The van der Waals surface area contributed by atoms with Crippen molar-refractivity contribution in [1.82, 2.24) is 10.2 Å². The Bertz CT molecular complexity index is 635. The highest BCUT2D eigenvalue weighted by Gasteiger charge is 2.24. The van der Waals surface area contributed by atoms with Gasteiger partial charge in [-0.15, -0.1) is 0 Å². The van der Waals surface area contributed by atoms with Crippen LogP contribution in [0.4, 0.5) is 0 Å². The number of amides is 1. The molecule has 1 aromatic rings. The third-order valence-electron chi connectivity index (χ3n) is 5.74. The molecule has 0 radical (unpaired) electrons. The van der Waals surface area contributed by atoms with Crippen LogP contribution in [-0.4, -0.2) is 55.8 Å². The summed E-state index contributed by atoms with van der Waals surface area (Å²) in [6, 6.07) is 8.38. The van der Waals surface area contributed by atoms with Gasteiger partial charge in [0.15, 0.2) is 0 Å². The summed E-state index contributed by atoms with van der Waals surface area (Å²) in [6.45, 7) is 3.42. The van der Waals surface area contributed by atoms with Gasteiger partial charge in [0.2, 0.25) is 5.91 Å². The summed E-state index contributed by atoms with van der Waals surface area (Å²) in [5.74, 6) is 1.77. The smallest absolute Gasteiger partial charge is 0.225 e. The van der Waals surface area contributed by atoms with E-state index in [1.807, 2.05) is 0 Å². The first-order valence-electron chi connectivity index (χ1n) is 10.2. The zero-order chi connectivity index (χ0) is 19.1. The molecule has 1 aromatic carbocycles. The minimum Gasteiger partial charge on any atom is -0.493 e. The van der Waals surface area contributed by atoms with Crippen LogP contribution in [0.15, 0.2) is 30.3 Å². The summed E-state index contributed by atoms with van der Waals surface area (Å²) in [7, 11) is 1.76. The van der Waals surface area contributed by atoms with Crippen LogP contribution < -0.4 is 10.1 Å². The van der Waals surface area contributed by atoms with Crippen molar-refractivity contribution in [2.24, 2.45) is 11.8 Å². The molecule has 0 unspecified atom stereocenters. The van der Waals surface area contributed by atoms with E-state index in [0.717, 1.165) is 44.7 Å². The number of rotatable bonds is 7. The number of aliphatic hydroxyl groups is 1. The predicted molar refractivity (Wildman–Crippen MR) is 108 cm³/mol. The molecule has 1 heterocycles. The summed E-state index contributed by atoms with van der Waals surface area (Å²) >= 11 is 0. The molecular formula is C22H32N2O3. The fourth-order valence-electron chi connectivity index (χ4n) is 3.92. The lowest BCUT2D eigenvalue weighted by Gasteiger charge is -2.26. The van der Waals surface area contributed by atoms with Crippen LogP contribution in [0, 0.1) is 11.8 Å². The third-order valence-corrected chi connectivity index (χ3v) is 5.74. The van der Waals surface area contributed by atoms with E-state index in [-0.39, 0.29) is 18.4 Å². The highest BCUT2D eigenvalue weighted by molar-refractivity contribution is 5.80. The van der Waals surface area contributed by atoms with Crippen LogP contribution in [-0.2, 0) is 4.79 Å². The van der Waals surface area contributed by atoms with E-state index in [0.29, 0.717) is 12.5 Å². The number of piperidine rings is 1. The normalized spacial score (nSPS) is 20.8. The molecule has 0 saturated carbocycles. The average molecular weight is 373 g/mol. The number of aliphatic hydroxyl groups excluding tert-OH is 1. The fraction of sp³-hybridized carbons (Fsp3) is 0.591. The monoisotopic (exact) mass is 372 g/mol. The number of ether oxygens (including phenoxy) is 1. The predicted octanol–water partition coefficient (Wildman–Crippen LogP) is 2.70. The van der Waals surface area contributed by atoms with Crippen LogP contribution in [0.5, 0.6) is 5.75 Å². The summed E-state index contributed by atoms with van der Waals surface area (Å²) < 4.78 is 5.97. The molecule has 0 bridgehead atoms. The lowest BCUT2D eigenvalue weighted by atomic mass is 9.86. The van der Waals surface area contributed by atoms with Crippen LogP contribution in [0.3, 0.4) is 0 Å². The lowest BCUT2D eigenvalue weighted by molar-refractivity contribution is -0.134. The van der Waals surface area contributed by atoms with E-state index < -0.39 is 0 Å². The van der Waals surface area contributed by atoms with Crippen molar-refractivity contribution in [1.29, 1.82) is 0 Å². The molecule has 1 fully saturated rings. The molecule has 5 heteroatoms. The molecule has 1 aliphatic carbocycles. The van der Waals surface area contributed by atoms with Gasteiger partial charge < -0.3 is 20.1 Å². The van der Waals surface area contributed by atoms with E-state index in [1.165, 1.54) is 24.0 Å². The Hall–Kier alpha value is -1.85. The van der Waals surface area contributed by atoms with E-state index in [9.17, 15) is 4.79 Å². The second-order valence-corrected chi connectivity index (χ2v) is 7.71. The molecule has 1 saturated heterocycles. The number of hydrogen-bond acceptors (Lipinski definition) is 4. The van der Waals surface area contributed by atoms with Crippen molar-refractivity contribution < 1.29 is 14.6 Å². The first-order valence-corrected chi connectivity index (χ1v) is 10.2. The molecule has 2 aliphatic rings. The Morgan fingerprint density at radius 2 is 1.96 bits per heavy atom. The van der Waals surface area contributed by atoms with Gasteiger partial charge in [-0.1, -0.05) is 18.2 Å². The Labute approximate surface area is 162 Å². The maximum absolute atomic E-state index is 12.3. The van der Waals surface area contributed by atoms with Gasteiger partial charge in [0.1, 0.15) is 5.75 Å². The Kier molecular flexibility index (Phi) is 7.30. The first kappa shape index (κ1) is 19.9. The molecule has 1 aliphatic heterocycles. The van der Waals surface area contributed by atoms with Crippen molar-refractivity contribution in [3.63, 3.8) is 0 Å². The number of nitrogens with one attached hydrogen (secondary N) is 1. The Morgan fingerprint density at radius 3 is 2.59 bits per heavy atom. The highest BCUT2D eigenvalue weighted by Crippen LogP contribution is 2.32. The van der Waals surface area contributed by atoms with E-state index >= 15 is 0 Å². The molecule has 2 N–H and O–H groups in total. The first-order chi connectivity index (χ1) is 13.2. The van der Waals surface area contributed by atoms with E-state index in [2.05, 4.69) is 35.7 Å². The fourth-order valence-corrected chi connectivity index (χ4v) is 3.92. The van der Waals surface area contributed by atoms with Crippen molar-refractivity contribution in [3.05, 3.63) is 35.9 Å². The number of likely N-dealkylation sites (N-methyl/N-ethyl adjacent to an activating group) is 1. The van der Waals surface area contributed by atoms with Crippen molar-refractivity contribution in [2.45, 2.75) is 32.1 Å². The molecule has 5 nitrogen and oxygen atoms in total. The molecule has 148 valence electrons. The van der Waals surface area contributed by atoms with Crippen molar-refractivity contribution in [2.75, 3.05) is 39.9 Å². The number of benzene rings is 1. The number of hydrogen-bond donors (Lipinski definition) is 2. The molecule has 3 rings (SSSR count). The minimum atomic E-state index is 0.0160. The number of allylic oxidation sites excluding steroid dienone is 2. The van der Waals surface area contributed by atoms with Gasteiger partial charge in [-0.2, -0.15) is 0 Å². The SMILES string of the molecule is CN(CCO)C(=O)[C@H]1CC=C(c2ccc(OCC3CCNCC3)cc2)CC1. The quantitative estimate of drug-likeness (QED) is 0.773. The summed E-state index contributed by atoms with van der Waals surface area (Å²) in [4.78, 5) is 14.0. The molecule has 0 spiro atoms. The van der Waals surface area contributed by atoms with E-state index in [1.54, 1.807) is 11.9 Å². The molecule has 1 atom stereocenters. The van der Waals surface area contributed by atoms with E-state index in [4.69, 9.17) is 9.84 Å². The van der Waals surface area contributed by atoms with Crippen LogP contribution >= 0.6 is 0 Å². The number of carbonyl (C=O) groups is 1. The average Bonchev–Trinajstić information content (AvgIpc) is 2.73. The standard InChI is InChI=1S/C22H32N2O3/c1-24(14-15-25)22(26)20-4-2-18(3-5-20)19-6-8-21(9-7-19)27-16-17-10-12-23-13-11-17/h2,6-9,17,20,23,25H,3-5,10-16H2,1H3/t20-/m0/s1. The van der Waals surface area contributed by atoms with Gasteiger partial charge in [-0.05, 0) is 74.4 Å². The van der Waals surface area contributed by atoms with Gasteiger partial charge in [0.05, 0.1) is 13.2 Å². The Morgan fingerprint density at radius 1 is 1.22 bits per heavy atom. The maximum Gasteiger partial charge on any atom is 0.225 e. The second kappa shape index (κ2) is 9.90. The summed E-state index contributed by atoms with van der Waals surface area (Å²) in [6.07, 6.45) is 7.14. The topological polar surface area (TPSA) is 61.8 Å². The minimum absolute atomic E-state index is 0.0160. The molecule has 0 aromatic heterocycles.